The normalized spacial score (nSPS) is 10.7. The van der Waals surface area contributed by atoms with Gasteiger partial charge in [0.05, 0.1) is 18.7 Å². The van der Waals surface area contributed by atoms with E-state index < -0.39 is 0 Å². The Morgan fingerprint density at radius 1 is 1.04 bits per heavy atom. The van der Waals surface area contributed by atoms with Crippen LogP contribution in [0.15, 0.2) is 73.3 Å². The lowest BCUT2D eigenvalue weighted by atomic mass is 10.1. The second kappa shape index (κ2) is 7.61. The lowest BCUT2D eigenvalue weighted by molar-refractivity contribution is -0.115. The van der Waals surface area contributed by atoms with Crippen molar-refractivity contribution in [3.63, 3.8) is 0 Å². The molecule has 4 rings (SSSR count). The van der Waals surface area contributed by atoms with Gasteiger partial charge in [-0.25, -0.2) is 4.68 Å². The number of hydrogen-bond acceptors (Lipinski definition) is 5. The lowest BCUT2D eigenvalue weighted by Crippen LogP contribution is -2.16. The molecule has 27 heavy (non-hydrogen) atoms. The number of anilines is 1. The molecule has 0 fully saturated rings. The first-order chi connectivity index (χ1) is 13.3. The second-order valence-electron chi connectivity index (χ2n) is 6.01. The number of nitrogens with one attached hydrogen (secondary N) is 1. The first kappa shape index (κ1) is 16.6. The Bertz CT molecular complexity index is 1010. The standard InChI is InChI=1S/C19H17N7O/c27-19(12-15-6-8-17(9-7-15)26-14-20-23-24-26)22-18-5-2-1-4-16(18)13-25-11-3-10-21-25/h1-11,14H,12-13H2,(H,22,27). The Balaban J connectivity index is 1.42. The number of aromatic nitrogens is 6. The largest absolute Gasteiger partial charge is 0.325 e. The number of carbonyl (C=O) groups is 1. The summed E-state index contributed by atoms with van der Waals surface area (Å²) in [5, 5.41) is 18.3. The number of amides is 1. The summed E-state index contributed by atoms with van der Waals surface area (Å²) in [5.74, 6) is -0.0712. The second-order valence-corrected chi connectivity index (χ2v) is 6.01. The van der Waals surface area contributed by atoms with E-state index in [1.807, 2.05) is 65.5 Å². The van der Waals surface area contributed by atoms with Gasteiger partial charge >= 0.3 is 0 Å². The Morgan fingerprint density at radius 3 is 2.63 bits per heavy atom. The summed E-state index contributed by atoms with van der Waals surface area (Å²) in [6.07, 6.45) is 5.44. The van der Waals surface area contributed by atoms with Crippen molar-refractivity contribution >= 4 is 11.6 Å². The molecule has 0 spiro atoms. The molecule has 0 bridgehead atoms. The molecule has 134 valence electrons. The van der Waals surface area contributed by atoms with Crippen LogP contribution in [0.4, 0.5) is 5.69 Å². The van der Waals surface area contributed by atoms with Crippen molar-refractivity contribution in [2.24, 2.45) is 0 Å². The molecule has 1 N–H and O–H groups in total. The summed E-state index contributed by atoms with van der Waals surface area (Å²) < 4.78 is 3.39. The van der Waals surface area contributed by atoms with E-state index in [0.29, 0.717) is 6.54 Å². The first-order valence-electron chi connectivity index (χ1n) is 8.45. The highest BCUT2D eigenvalue weighted by Crippen LogP contribution is 2.17. The molecule has 0 aliphatic rings. The predicted molar refractivity (Wildman–Crippen MR) is 99.3 cm³/mol. The zero-order chi connectivity index (χ0) is 18.5. The van der Waals surface area contributed by atoms with Crippen molar-refractivity contribution in [2.45, 2.75) is 13.0 Å². The third-order valence-corrected chi connectivity index (χ3v) is 4.10. The summed E-state index contributed by atoms with van der Waals surface area (Å²) in [6.45, 7) is 0.601. The molecule has 0 unspecified atom stereocenters. The van der Waals surface area contributed by atoms with E-state index in [1.165, 1.54) is 6.33 Å². The van der Waals surface area contributed by atoms with E-state index in [0.717, 1.165) is 22.5 Å². The number of tetrazole rings is 1. The van der Waals surface area contributed by atoms with Gasteiger partial charge in [-0.1, -0.05) is 30.3 Å². The van der Waals surface area contributed by atoms with Crippen LogP contribution in [0, 0.1) is 0 Å². The van der Waals surface area contributed by atoms with Crippen LogP contribution in [0.1, 0.15) is 11.1 Å². The van der Waals surface area contributed by atoms with Gasteiger partial charge in [0.15, 0.2) is 0 Å². The lowest BCUT2D eigenvalue weighted by Gasteiger charge is -2.11. The summed E-state index contributed by atoms with van der Waals surface area (Å²) in [6, 6.07) is 17.2. The third kappa shape index (κ3) is 4.06. The molecule has 8 heteroatoms. The van der Waals surface area contributed by atoms with Gasteiger partial charge in [-0.15, -0.1) is 5.10 Å². The van der Waals surface area contributed by atoms with Gasteiger partial charge in [0.1, 0.15) is 6.33 Å². The SMILES string of the molecule is O=C(Cc1ccc(-n2cnnn2)cc1)Nc1ccccc1Cn1cccn1. The Hall–Kier alpha value is -3.81. The maximum Gasteiger partial charge on any atom is 0.228 e. The number of hydrogen-bond donors (Lipinski definition) is 1. The molecule has 1 amide bonds. The Kier molecular flexibility index (Phi) is 4.69. The van der Waals surface area contributed by atoms with Gasteiger partial charge in [0.2, 0.25) is 5.91 Å². The smallest absolute Gasteiger partial charge is 0.228 e. The highest BCUT2D eigenvalue weighted by atomic mass is 16.1. The highest BCUT2D eigenvalue weighted by Gasteiger charge is 2.09. The number of carbonyl (C=O) groups excluding carboxylic acids is 1. The van der Waals surface area contributed by atoms with Gasteiger partial charge < -0.3 is 5.32 Å². The minimum atomic E-state index is -0.0712. The van der Waals surface area contributed by atoms with Crippen molar-refractivity contribution in [2.75, 3.05) is 5.32 Å². The number of benzene rings is 2. The Morgan fingerprint density at radius 2 is 1.89 bits per heavy atom. The van der Waals surface area contributed by atoms with Crippen molar-refractivity contribution in [1.82, 2.24) is 30.0 Å². The molecular formula is C19H17N7O. The maximum atomic E-state index is 12.5. The van der Waals surface area contributed by atoms with Crippen LogP contribution in [0.3, 0.4) is 0 Å². The van der Waals surface area contributed by atoms with E-state index in [1.54, 1.807) is 10.9 Å². The van der Waals surface area contributed by atoms with Crippen LogP contribution in [0.25, 0.3) is 5.69 Å². The van der Waals surface area contributed by atoms with Crippen molar-refractivity contribution in [3.05, 3.63) is 84.4 Å². The molecule has 0 saturated carbocycles. The van der Waals surface area contributed by atoms with Crippen LogP contribution in [-0.4, -0.2) is 35.9 Å². The summed E-state index contributed by atoms with van der Waals surface area (Å²) in [7, 11) is 0. The van der Waals surface area contributed by atoms with Crippen molar-refractivity contribution < 1.29 is 4.79 Å². The van der Waals surface area contributed by atoms with E-state index in [2.05, 4.69) is 25.9 Å². The molecule has 2 aromatic carbocycles. The molecule has 4 aromatic rings. The fraction of sp³-hybridized carbons (Fsp3) is 0.105. The quantitative estimate of drug-likeness (QED) is 0.569. The zero-order valence-electron chi connectivity index (χ0n) is 14.4. The maximum absolute atomic E-state index is 12.5. The average Bonchev–Trinajstić information content (AvgIpc) is 3.38. The zero-order valence-corrected chi connectivity index (χ0v) is 14.4. The van der Waals surface area contributed by atoms with Gasteiger partial charge in [0.25, 0.3) is 0 Å². The molecule has 0 radical (unpaired) electrons. The fourth-order valence-corrected chi connectivity index (χ4v) is 2.77. The van der Waals surface area contributed by atoms with Crippen molar-refractivity contribution in [3.8, 4) is 5.69 Å². The van der Waals surface area contributed by atoms with Gasteiger partial charge in [-0.2, -0.15) is 5.10 Å². The third-order valence-electron chi connectivity index (χ3n) is 4.10. The summed E-state index contributed by atoms with van der Waals surface area (Å²) >= 11 is 0. The predicted octanol–water partition coefficient (Wildman–Crippen LogP) is 2.09. The van der Waals surface area contributed by atoms with Crippen LogP contribution in [0.5, 0.6) is 0 Å². The molecule has 2 heterocycles. The molecule has 8 nitrogen and oxygen atoms in total. The topological polar surface area (TPSA) is 90.5 Å². The monoisotopic (exact) mass is 359 g/mol. The van der Waals surface area contributed by atoms with Crippen LogP contribution < -0.4 is 5.32 Å². The van der Waals surface area contributed by atoms with Gasteiger partial charge in [0, 0.05) is 18.1 Å². The average molecular weight is 359 g/mol. The Labute approximate surface area is 155 Å². The first-order valence-corrected chi connectivity index (χ1v) is 8.45. The van der Waals surface area contributed by atoms with E-state index in [9.17, 15) is 4.79 Å². The highest BCUT2D eigenvalue weighted by molar-refractivity contribution is 5.93. The van der Waals surface area contributed by atoms with Crippen LogP contribution >= 0.6 is 0 Å². The summed E-state index contributed by atoms with van der Waals surface area (Å²) in [5.41, 5.74) is 3.55. The van der Waals surface area contributed by atoms with Crippen LogP contribution in [0.2, 0.25) is 0 Å². The van der Waals surface area contributed by atoms with E-state index in [-0.39, 0.29) is 12.3 Å². The molecule has 0 aliphatic heterocycles. The molecule has 0 saturated heterocycles. The summed E-state index contributed by atoms with van der Waals surface area (Å²) in [4.78, 5) is 12.5. The van der Waals surface area contributed by atoms with Gasteiger partial charge in [-0.3, -0.25) is 9.48 Å². The number of para-hydroxylation sites is 1. The molecule has 2 aromatic heterocycles. The number of nitrogens with zero attached hydrogens (tertiary/aromatic N) is 6. The fourth-order valence-electron chi connectivity index (χ4n) is 2.77. The van der Waals surface area contributed by atoms with E-state index in [4.69, 9.17) is 0 Å². The molecular weight excluding hydrogens is 342 g/mol. The van der Waals surface area contributed by atoms with Gasteiger partial charge in [-0.05, 0) is 45.8 Å². The number of rotatable bonds is 6. The van der Waals surface area contributed by atoms with E-state index >= 15 is 0 Å². The minimum absolute atomic E-state index is 0.0712. The molecule has 0 atom stereocenters. The van der Waals surface area contributed by atoms with Crippen molar-refractivity contribution in [1.29, 1.82) is 0 Å². The minimum Gasteiger partial charge on any atom is -0.325 e. The molecule has 0 aliphatic carbocycles. The van der Waals surface area contributed by atoms with Crippen LogP contribution in [-0.2, 0) is 17.8 Å².